The van der Waals surface area contributed by atoms with Crippen LogP contribution in [0.5, 0.6) is 0 Å². The molecule has 0 spiro atoms. The van der Waals surface area contributed by atoms with E-state index in [0.29, 0.717) is 24.1 Å². The van der Waals surface area contributed by atoms with Crippen molar-refractivity contribution in [2.75, 3.05) is 63.6 Å². The molecule has 2 aromatic rings. The number of carbonyl (C=O) groups excluding carboxylic acids is 2. The summed E-state index contributed by atoms with van der Waals surface area (Å²) in [5.74, 6) is 0.983. The van der Waals surface area contributed by atoms with Crippen molar-refractivity contribution in [2.45, 2.75) is 37.6 Å². The fraction of sp³-hybridized carbons (Fsp3) is 0.538. The van der Waals surface area contributed by atoms with E-state index in [1.165, 1.54) is 18.4 Å². The van der Waals surface area contributed by atoms with Crippen molar-refractivity contribution < 1.29 is 9.59 Å². The molecule has 3 saturated heterocycles. The minimum Gasteiger partial charge on any atom is -0.364 e. The van der Waals surface area contributed by atoms with Gasteiger partial charge in [0.05, 0.1) is 12.2 Å². The number of primary amides is 1. The van der Waals surface area contributed by atoms with Crippen molar-refractivity contribution >= 4 is 29.3 Å². The molecule has 3 fully saturated rings. The Morgan fingerprint density at radius 3 is 2.44 bits per heavy atom. The highest BCUT2D eigenvalue weighted by Gasteiger charge is 2.34. The normalized spacial score (nSPS) is 21.8. The van der Waals surface area contributed by atoms with Gasteiger partial charge in [-0.1, -0.05) is 12.1 Å². The Kier molecular flexibility index (Phi) is 6.95. The van der Waals surface area contributed by atoms with Crippen molar-refractivity contribution in [1.82, 2.24) is 24.7 Å². The second-order valence-corrected chi connectivity index (χ2v) is 10.3. The molecule has 1 aromatic heterocycles. The summed E-state index contributed by atoms with van der Waals surface area (Å²) in [4.78, 5) is 42.0. The lowest BCUT2D eigenvalue weighted by atomic mass is 9.89. The van der Waals surface area contributed by atoms with Gasteiger partial charge in [0.2, 0.25) is 0 Å². The lowest BCUT2D eigenvalue weighted by molar-refractivity contribution is 0.0996. The van der Waals surface area contributed by atoms with Crippen molar-refractivity contribution in [2.24, 2.45) is 5.73 Å². The summed E-state index contributed by atoms with van der Waals surface area (Å²) in [5.41, 5.74) is 7.90. The van der Waals surface area contributed by atoms with Gasteiger partial charge in [0, 0.05) is 38.9 Å². The number of rotatable bonds is 6. The lowest BCUT2D eigenvalue weighted by Gasteiger charge is -2.37. The zero-order valence-electron chi connectivity index (χ0n) is 21.2. The summed E-state index contributed by atoms with van der Waals surface area (Å²) in [6, 6.07) is 8.58. The van der Waals surface area contributed by atoms with Gasteiger partial charge in [-0.2, -0.15) is 0 Å². The number of likely N-dealkylation sites (N-methyl/N-ethyl adjacent to an activating group) is 1. The van der Waals surface area contributed by atoms with Gasteiger partial charge >= 0.3 is 6.03 Å². The molecule has 0 bridgehead atoms. The van der Waals surface area contributed by atoms with Gasteiger partial charge in [-0.25, -0.2) is 14.8 Å². The first-order valence-electron chi connectivity index (χ1n) is 12.9. The first-order valence-corrected chi connectivity index (χ1v) is 12.9. The van der Waals surface area contributed by atoms with Crippen molar-refractivity contribution in [3.05, 3.63) is 41.7 Å². The van der Waals surface area contributed by atoms with E-state index in [4.69, 9.17) is 10.7 Å². The fourth-order valence-electron chi connectivity index (χ4n) is 5.54. The average molecular weight is 493 g/mol. The molecule has 192 valence electrons. The van der Waals surface area contributed by atoms with Crippen LogP contribution in [0, 0.1) is 0 Å². The van der Waals surface area contributed by atoms with Gasteiger partial charge in [-0.3, -0.25) is 4.79 Å². The minimum absolute atomic E-state index is 0.0862. The third kappa shape index (κ3) is 5.09. The van der Waals surface area contributed by atoms with Gasteiger partial charge in [0.25, 0.3) is 5.91 Å². The van der Waals surface area contributed by atoms with E-state index < -0.39 is 5.91 Å². The first-order chi connectivity index (χ1) is 17.4. The number of benzene rings is 1. The number of carbonyl (C=O) groups is 2. The highest BCUT2D eigenvalue weighted by Crippen LogP contribution is 2.30. The monoisotopic (exact) mass is 492 g/mol. The molecule has 0 radical (unpaired) electrons. The standard InChI is InChI=1S/C26H36N8O2/c1-31-12-9-19(10-13-31)18-5-7-20(8-6-18)29-25-23(24(27)35)28-16-22(30-25)33-11-3-4-21(17-33)34-15-14-32(2)26(34)36/h5-8,16,19,21H,3-4,9-15,17H2,1-2H3,(H2,27,35)(H,29,30)/t21-/m1/s1. The number of amides is 3. The molecular formula is C26H36N8O2. The van der Waals surface area contributed by atoms with Crippen LogP contribution in [0.1, 0.15) is 47.7 Å². The van der Waals surface area contributed by atoms with Crippen LogP contribution in [0.15, 0.2) is 30.5 Å². The highest BCUT2D eigenvalue weighted by molar-refractivity contribution is 5.96. The van der Waals surface area contributed by atoms with E-state index in [-0.39, 0.29) is 17.8 Å². The molecule has 4 heterocycles. The Hall–Kier alpha value is -3.40. The predicted molar refractivity (Wildman–Crippen MR) is 140 cm³/mol. The smallest absolute Gasteiger partial charge is 0.320 e. The Bertz CT molecular complexity index is 1100. The van der Waals surface area contributed by atoms with E-state index in [9.17, 15) is 9.59 Å². The second kappa shape index (κ2) is 10.3. The molecule has 0 saturated carbocycles. The van der Waals surface area contributed by atoms with Crippen LogP contribution in [-0.2, 0) is 0 Å². The minimum atomic E-state index is -0.623. The topological polar surface area (TPSA) is 111 Å². The lowest BCUT2D eigenvalue weighted by Crippen LogP contribution is -2.49. The average Bonchev–Trinajstić information content (AvgIpc) is 3.23. The maximum Gasteiger partial charge on any atom is 0.320 e. The molecule has 3 aliphatic heterocycles. The van der Waals surface area contributed by atoms with Crippen LogP contribution < -0.4 is 16.0 Å². The number of nitrogens with two attached hydrogens (primary N) is 1. The van der Waals surface area contributed by atoms with Crippen molar-refractivity contribution in [1.29, 1.82) is 0 Å². The molecule has 3 aliphatic rings. The quantitative estimate of drug-likeness (QED) is 0.637. The van der Waals surface area contributed by atoms with Crippen LogP contribution in [0.4, 0.5) is 22.1 Å². The van der Waals surface area contributed by atoms with Crippen LogP contribution in [0.2, 0.25) is 0 Å². The Balaban J connectivity index is 1.32. The Morgan fingerprint density at radius 2 is 1.78 bits per heavy atom. The number of urea groups is 1. The molecule has 1 atom stereocenters. The van der Waals surface area contributed by atoms with Crippen molar-refractivity contribution in [3.63, 3.8) is 0 Å². The molecule has 36 heavy (non-hydrogen) atoms. The Labute approximate surface area is 212 Å². The van der Waals surface area contributed by atoms with Gasteiger partial charge in [-0.15, -0.1) is 0 Å². The van der Waals surface area contributed by atoms with E-state index in [2.05, 4.69) is 39.3 Å². The zero-order valence-corrected chi connectivity index (χ0v) is 21.2. The van der Waals surface area contributed by atoms with Gasteiger partial charge < -0.3 is 30.7 Å². The number of nitrogens with zero attached hydrogens (tertiary/aromatic N) is 6. The maximum absolute atomic E-state index is 12.5. The molecule has 0 aliphatic carbocycles. The van der Waals surface area contributed by atoms with Crippen LogP contribution in [0.25, 0.3) is 0 Å². The Morgan fingerprint density at radius 1 is 1.03 bits per heavy atom. The number of aromatic nitrogens is 2. The van der Waals surface area contributed by atoms with Gasteiger partial charge in [0.15, 0.2) is 11.5 Å². The SMILES string of the molecule is CN1CCC(c2ccc(Nc3nc(N4CCC[C@@H](N5CCN(C)C5=O)C4)cnc3C(N)=O)cc2)CC1. The predicted octanol–water partition coefficient (Wildman–Crippen LogP) is 2.46. The van der Waals surface area contributed by atoms with E-state index in [1.807, 2.05) is 24.1 Å². The van der Waals surface area contributed by atoms with Gasteiger partial charge in [-0.05, 0) is 69.4 Å². The summed E-state index contributed by atoms with van der Waals surface area (Å²) in [6.07, 6.45) is 5.86. The summed E-state index contributed by atoms with van der Waals surface area (Å²) < 4.78 is 0. The number of anilines is 3. The third-order valence-corrected chi connectivity index (χ3v) is 7.77. The second-order valence-electron chi connectivity index (χ2n) is 10.3. The van der Waals surface area contributed by atoms with E-state index >= 15 is 0 Å². The molecule has 10 heteroatoms. The number of hydrogen-bond acceptors (Lipinski definition) is 7. The summed E-state index contributed by atoms with van der Waals surface area (Å²) in [6.45, 7) is 5.26. The molecule has 3 N–H and O–H groups in total. The largest absolute Gasteiger partial charge is 0.364 e. The summed E-state index contributed by atoms with van der Waals surface area (Å²) in [7, 11) is 4.01. The number of hydrogen-bond donors (Lipinski definition) is 2. The molecule has 1 aromatic carbocycles. The zero-order chi connectivity index (χ0) is 25.2. The molecule has 3 amide bonds. The van der Waals surface area contributed by atoms with Crippen LogP contribution in [-0.4, -0.2) is 96.0 Å². The number of likely N-dealkylation sites (tertiary alicyclic amines) is 1. The number of nitrogens with one attached hydrogen (secondary N) is 1. The van der Waals surface area contributed by atoms with E-state index in [0.717, 1.165) is 51.3 Å². The summed E-state index contributed by atoms with van der Waals surface area (Å²) in [5, 5.41) is 3.27. The van der Waals surface area contributed by atoms with Crippen molar-refractivity contribution in [3.8, 4) is 0 Å². The molecule has 5 rings (SSSR count). The van der Waals surface area contributed by atoms with Gasteiger partial charge in [0.1, 0.15) is 5.82 Å². The fourth-order valence-corrected chi connectivity index (χ4v) is 5.54. The maximum atomic E-state index is 12.5. The van der Waals surface area contributed by atoms with Crippen LogP contribution in [0.3, 0.4) is 0 Å². The third-order valence-electron chi connectivity index (χ3n) is 7.77. The highest BCUT2D eigenvalue weighted by atomic mass is 16.2. The summed E-state index contributed by atoms with van der Waals surface area (Å²) >= 11 is 0. The molecule has 10 nitrogen and oxygen atoms in total. The first kappa shape index (κ1) is 24.3. The van der Waals surface area contributed by atoms with E-state index in [1.54, 1.807) is 11.1 Å². The van der Waals surface area contributed by atoms with Crippen LogP contribution >= 0.6 is 0 Å². The molecule has 0 unspecified atom stereocenters. The molecular weight excluding hydrogens is 456 g/mol. The number of piperidine rings is 2.